The number of hydrogen-bond donors (Lipinski definition) is 0. The molecule has 0 fully saturated rings. The Hall–Kier alpha value is -2.21. The van der Waals surface area contributed by atoms with E-state index in [0.717, 1.165) is 36.7 Å². The number of hydrogen-bond acceptors (Lipinski definition) is 5. The van der Waals surface area contributed by atoms with Gasteiger partial charge >= 0.3 is 0 Å². The first-order valence-electron chi connectivity index (χ1n) is 8.72. The molecule has 130 valence electrons. The minimum Gasteiger partial charge on any atom is -0.439 e. The fourth-order valence-electron chi connectivity index (χ4n) is 3.61. The van der Waals surface area contributed by atoms with E-state index in [1.807, 2.05) is 47.1 Å². The van der Waals surface area contributed by atoms with Gasteiger partial charge in [-0.2, -0.15) is 0 Å². The SMILES string of the molecule is c1ccc(-c2cnc(CN3CCc4sccc4[C@H]3c3cccs3)o2)cc1. The number of rotatable bonds is 4. The molecule has 0 bridgehead atoms. The van der Waals surface area contributed by atoms with Gasteiger partial charge in [-0.25, -0.2) is 4.98 Å². The van der Waals surface area contributed by atoms with E-state index in [0.29, 0.717) is 6.04 Å². The number of thiophene rings is 2. The van der Waals surface area contributed by atoms with Crippen LogP contribution >= 0.6 is 22.7 Å². The van der Waals surface area contributed by atoms with Crippen LogP contribution in [0.2, 0.25) is 0 Å². The molecule has 0 spiro atoms. The fourth-order valence-corrected chi connectivity index (χ4v) is 5.39. The predicted molar refractivity (Wildman–Crippen MR) is 107 cm³/mol. The van der Waals surface area contributed by atoms with Crippen LogP contribution in [0.3, 0.4) is 0 Å². The molecular weight excluding hydrogens is 360 g/mol. The van der Waals surface area contributed by atoms with E-state index in [9.17, 15) is 0 Å². The summed E-state index contributed by atoms with van der Waals surface area (Å²) in [5.41, 5.74) is 2.51. The zero-order valence-corrected chi connectivity index (χ0v) is 15.8. The van der Waals surface area contributed by atoms with Crippen LogP contribution in [0.15, 0.2) is 69.9 Å². The molecule has 3 aromatic heterocycles. The molecular formula is C21H18N2OS2. The van der Waals surface area contributed by atoms with Crippen LogP contribution in [0.1, 0.15) is 27.3 Å². The largest absolute Gasteiger partial charge is 0.439 e. The highest BCUT2D eigenvalue weighted by atomic mass is 32.1. The molecule has 0 N–H and O–H groups in total. The minimum absolute atomic E-state index is 0.303. The molecule has 0 amide bonds. The summed E-state index contributed by atoms with van der Waals surface area (Å²) in [4.78, 5) is 9.93. The van der Waals surface area contributed by atoms with E-state index >= 15 is 0 Å². The van der Waals surface area contributed by atoms with Gasteiger partial charge in [-0.3, -0.25) is 4.90 Å². The van der Waals surface area contributed by atoms with Gasteiger partial charge in [-0.1, -0.05) is 36.4 Å². The van der Waals surface area contributed by atoms with Gasteiger partial charge in [-0.05, 0) is 34.9 Å². The summed E-state index contributed by atoms with van der Waals surface area (Å²) in [6, 6.07) is 17.1. The van der Waals surface area contributed by atoms with Crippen LogP contribution in [0.4, 0.5) is 0 Å². The normalized spacial score (nSPS) is 17.3. The molecule has 0 saturated carbocycles. The highest BCUT2D eigenvalue weighted by Gasteiger charge is 2.31. The van der Waals surface area contributed by atoms with Gasteiger partial charge in [0.15, 0.2) is 5.76 Å². The lowest BCUT2D eigenvalue weighted by Gasteiger charge is -2.34. The van der Waals surface area contributed by atoms with Crippen molar-refractivity contribution >= 4 is 22.7 Å². The molecule has 5 rings (SSSR count). The van der Waals surface area contributed by atoms with Gasteiger partial charge in [-0.15, -0.1) is 22.7 Å². The van der Waals surface area contributed by atoms with Crippen LogP contribution in [-0.2, 0) is 13.0 Å². The molecule has 0 aliphatic carbocycles. The summed E-state index contributed by atoms with van der Waals surface area (Å²) in [6.45, 7) is 1.75. The monoisotopic (exact) mass is 378 g/mol. The number of nitrogens with zero attached hydrogens (tertiary/aromatic N) is 2. The summed E-state index contributed by atoms with van der Waals surface area (Å²) < 4.78 is 6.06. The summed E-state index contributed by atoms with van der Waals surface area (Å²) in [7, 11) is 0. The van der Waals surface area contributed by atoms with E-state index in [1.54, 1.807) is 0 Å². The van der Waals surface area contributed by atoms with Crippen molar-refractivity contribution in [1.82, 2.24) is 9.88 Å². The maximum Gasteiger partial charge on any atom is 0.209 e. The Balaban J connectivity index is 1.44. The van der Waals surface area contributed by atoms with Crippen LogP contribution in [0, 0.1) is 0 Å². The average molecular weight is 379 g/mol. The molecule has 0 radical (unpaired) electrons. The first kappa shape index (κ1) is 16.0. The number of aromatic nitrogens is 1. The topological polar surface area (TPSA) is 29.3 Å². The van der Waals surface area contributed by atoms with Crippen molar-refractivity contribution in [2.24, 2.45) is 0 Å². The molecule has 1 aliphatic rings. The third kappa shape index (κ3) is 2.92. The second-order valence-corrected chi connectivity index (χ2v) is 8.40. The lowest BCUT2D eigenvalue weighted by atomic mass is 9.98. The Kier molecular flexibility index (Phi) is 4.21. The Bertz CT molecular complexity index is 988. The Morgan fingerprint density at radius 1 is 1.04 bits per heavy atom. The Morgan fingerprint density at radius 2 is 1.96 bits per heavy atom. The predicted octanol–water partition coefficient (Wildman–Crippen LogP) is 5.61. The van der Waals surface area contributed by atoms with Crippen molar-refractivity contribution < 1.29 is 4.42 Å². The second-order valence-electron chi connectivity index (χ2n) is 6.42. The van der Waals surface area contributed by atoms with Crippen molar-refractivity contribution in [3.8, 4) is 11.3 Å². The van der Waals surface area contributed by atoms with E-state index in [2.05, 4.69) is 51.0 Å². The number of fused-ring (bicyclic) bond motifs is 1. The maximum atomic E-state index is 6.06. The first-order chi connectivity index (χ1) is 12.9. The van der Waals surface area contributed by atoms with Crippen molar-refractivity contribution in [3.05, 3.63) is 86.7 Å². The van der Waals surface area contributed by atoms with E-state index < -0.39 is 0 Å². The quantitative estimate of drug-likeness (QED) is 0.462. The first-order valence-corrected chi connectivity index (χ1v) is 10.5. The van der Waals surface area contributed by atoms with Crippen LogP contribution in [0.25, 0.3) is 11.3 Å². The molecule has 4 heterocycles. The van der Waals surface area contributed by atoms with Crippen LogP contribution < -0.4 is 0 Å². The highest BCUT2D eigenvalue weighted by Crippen LogP contribution is 2.40. The van der Waals surface area contributed by atoms with Crippen molar-refractivity contribution in [2.45, 2.75) is 19.0 Å². The van der Waals surface area contributed by atoms with E-state index in [-0.39, 0.29) is 0 Å². The number of oxazole rings is 1. The van der Waals surface area contributed by atoms with Crippen molar-refractivity contribution in [3.63, 3.8) is 0 Å². The molecule has 0 unspecified atom stereocenters. The molecule has 3 nitrogen and oxygen atoms in total. The zero-order valence-electron chi connectivity index (χ0n) is 14.2. The Morgan fingerprint density at radius 3 is 2.81 bits per heavy atom. The summed E-state index contributed by atoms with van der Waals surface area (Å²) in [6.07, 6.45) is 2.94. The van der Waals surface area contributed by atoms with Gasteiger partial charge in [0, 0.05) is 21.9 Å². The molecule has 1 aliphatic heterocycles. The van der Waals surface area contributed by atoms with Crippen molar-refractivity contribution in [1.29, 1.82) is 0 Å². The molecule has 5 heteroatoms. The van der Waals surface area contributed by atoms with Gasteiger partial charge in [0.1, 0.15) is 0 Å². The molecule has 1 aromatic carbocycles. The van der Waals surface area contributed by atoms with Gasteiger partial charge < -0.3 is 4.42 Å². The van der Waals surface area contributed by atoms with Gasteiger partial charge in [0.05, 0.1) is 18.8 Å². The van der Waals surface area contributed by atoms with Crippen LogP contribution in [0.5, 0.6) is 0 Å². The van der Waals surface area contributed by atoms with E-state index in [1.165, 1.54) is 15.3 Å². The average Bonchev–Trinajstić information content (AvgIpc) is 3.44. The lowest BCUT2D eigenvalue weighted by molar-refractivity contribution is 0.190. The third-order valence-electron chi connectivity index (χ3n) is 4.83. The van der Waals surface area contributed by atoms with Crippen molar-refractivity contribution in [2.75, 3.05) is 6.54 Å². The lowest BCUT2D eigenvalue weighted by Crippen LogP contribution is -2.34. The fraction of sp³-hybridized carbons (Fsp3) is 0.190. The summed E-state index contributed by atoms with van der Waals surface area (Å²) in [5, 5.41) is 4.38. The number of benzene rings is 1. The van der Waals surface area contributed by atoms with Gasteiger partial charge in [0.25, 0.3) is 0 Å². The van der Waals surface area contributed by atoms with E-state index in [4.69, 9.17) is 4.42 Å². The molecule has 26 heavy (non-hydrogen) atoms. The molecule has 4 aromatic rings. The minimum atomic E-state index is 0.303. The highest BCUT2D eigenvalue weighted by molar-refractivity contribution is 7.10. The summed E-state index contributed by atoms with van der Waals surface area (Å²) in [5.74, 6) is 1.62. The zero-order chi connectivity index (χ0) is 17.3. The van der Waals surface area contributed by atoms with Gasteiger partial charge in [0.2, 0.25) is 5.89 Å². The Labute approximate surface area is 160 Å². The summed E-state index contributed by atoms with van der Waals surface area (Å²) >= 11 is 3.70. The molecule has 1 atom stereocenters. The standard InChI is InChI=1S/C21H18N2OS2/c1-2-5-15(6-3-1)17-13-22-20(24-17)14-23-10-8-18-16(9-12-26-18)21(23)19-7-4-11-25-19/h1-7,9,11-13,21H,8,10,14H2/t21-/m0/s1. The smallest absolute Gasteiger partial charge is 0.209 e. The molecule has 0 saturated heterocycles. The second kappa shape index (κ2) is 6.83. The van der Waals surface area contributed by atoms with Crippen LogP contribution in [-0.4, -0.2) is 16.4 Å². The third-order valence-corrected chi connectivity index (χ3v) is 6.75. The maximum absolute atomic E-state index is 6.06.